The molecule has 2 aromatic rings. The Bertz CT molecular complexity index is 1250. The van der Waals surface area contributed by atoms with Gasteiger partial charge in [-0.1, -0.05) is 6.07 Å². The minimum Gasteiger partial charge on any atom is -0.444 e. The molecule has 1 aromatic carbocycles. The lowest BCUT2D eigenvalue weighted by Crippen LogP contribution is -2.57. The normalized spacial score (nSPS) is 26.3. The predicted molar refractivity (Wildman–Crippen MR) is 158 cm³/mol. The van der Waals surface area contributed by atoms with Crippen LogP contribution in [0.5, 0.6) is 0 Å². The number of anilines is 2. The van der Waals surface area contributed by atoms with Gasteiger partial charge in [-0.2, -0.15) is 0 Å². The lowest BCUT2D eigenvalue weighted by molar-refractivity contribution is 0.0481. The Morgan fingerprint density at radius 2 is 1.76 bits per heavy atom. The molecule has 6 rings (SSSR count). The number of piperidine rings is 3. The third-order valence-corrected chi connectivity index (χ3v) is 8.38. The van der Waals surface area contributed by atoms with Gasteiger partial charge in [-0.15, -0.1) is 0 Å². The Hall–Kier alpha value is -3.28. The van der Waals surface area contributed by atoms with Crippen molar-refractivity contribution in [2.75, 3.05) is 25.0 Å². The molecule has 1 aliphatic carbocycles. The van der Waals surface area contributed by atoms with Gasteiger partial charge in [-0.25, -0.2) is 14.2 Å². The second-order valence-corrected chi connectivity index (χ2v) is 12.8. The maximum Gasteiger partial charge on any atom is 0.407 e. The van der Waals surface area contributed by atoms with Crippen molar-refractivity contribution in [2.24, 2.45) is 5.92 Å². The first-order chi connectivity index (χ1) is 20.0. The standard InChI is InChI=1S/C31H43FN6O4/c1-31(2,3)42-30(41)36-23-9-7-22(8-10-23)35-29(40)25-16-21(32)17-33-27(25)34-24-6-4-5-20(15-24)28(39)37-26-18-38-13-11-19(26)12-14-38/h4-6,15-17,19,22-23,26,29,35,40H,7-14,18H2,1-3H3,(H,33,34)(H,36,41)(H,37,39). The molecule has 10 nitrogen and oxygen atoms in total. The Labute approximate surface area is 246 Å². The number of fused-ring (bicyclic) bond motifs is 3. The molecule has 3 saturated heterocycles. The van der Waals surface area contributed by atoms with E-state index in [1.54, 1.807) is 24.3 Å². The number of aliphatic hydroxyl groups excluding tert-OH is 1. The van der Waals surface area contributed by atoms with E-state index in [1.807, 2.05) is 20.8 Å². The number of benzene rings is 1. The summed E-state index contributed by atoms with van der Waals surface area (Å²) in [5, 5.41) is 23.5. The fourth-order valence-corrected chi connectivity index (χ4v) is 6.21. The van der Waals surface area contributed by atoms with Gasteiger partial charge in [0, 0.05) is 41.5 Å². The zero-order valence-corrected chi connectivity index (χ0v) is 24.7. The van der Waals surface area contributed by atoms with Crippen molar-refractivity contribution < 1.29 is 23.8 Å². The van der Waals surface area contributed by atoms with Crippen molar-refractivity contribution in [1.29, 1.82) is 0 Å². The van der Waals surface area contributed by atoms with E-state index in [-0.39, 0.29) is 29.6 Å². The van der Waals surface area contributed by atoms with Gasteiger partial charge >= 0.3 is 6.09 Å². The second-order valence-electron chi connectivity index (χ2n) is 12.8. The highest BCUT2D eigenvalue weighted by atomic mass is 19.1. The van der Waals surface area contributed by atoms with Crippen molar-refractivity contribution in [3.63, 3.8) is 0 Å². The van der Waals surface area contributed by atoms with Crippen LogP contribution < -0.4 is 21.3 Å². The van der Waals surface area contributed by atoms with E-state index in [1.165, 1.54) is 6.07 Å². The average molecular weight is 583 g/mol. The first kappa shape index (κ1) is 30.2. The number of nitrogens with one attached hydrogen (secondary N) is 4. The number of hydrogen-bond acceptors (Lipinski definition) is 8. The number of amides is 2. The molecule has 0 radical (unpaired) electrons. The van der Waals surface area contributed by atoms with Gasteiger partial charge in [-0.3, -0.25) is 10.1 Å². The highest BCUT2D eigenvalue weighted by Crippen LogP contribution is 2.29. The Kier molecular flexibility index (Phi) is 9.29. The number of ether oxygens (including phenoxy) is 1. The summed E-state index contributed by atoms with van der Waals surface area (Å²) in [7, 11) is 0. The first-order valence-corrected chi connectivity index (χ1v) is 15.0. The molecule has 11 heteroatoms. The smallest absolute Gasteiger partial charge is 0.407 e. The number of rotatable bonds is 8. The number of halogens is 1. The molecule has 2 unspecified atom stereocenters. The molecule has 2 amide bonds. The fourth-order valence-electron chi connectivity index (χ4n) is 6.21. The first-order valence-electron chi connectivity index (χ1n) is 15.0. The van der Waals surface area contributed by atoms with E-state index in [9.17, 15) is 19.1 Å². The van der Waals surface area contributed by atoms with E-state index >= 15 is 0 Å². The third-order valence-electron chi connectivity index (χ3n) is 8.38. The van der Waals surface area contributed by atoms with Crippen LogP contribution in [0, 0.1) is 11.7 Å². The van der Waals surface area contributed by atoms with Crippen molar-refractivity contribution >= 4 is 23.5 Å². The van der Waals surface area contributed by atoms with Crippen molar-refractivity contribution in [3.8, 4) is 0 Å². The van der Waals surface area contributed by atoms with Crippen molar-refractivity contribution in [1.82, 2.24) is 25.8 Å². The van der Waals surface area contributed by atoms with Gasteiger partial charge < -0.3 is 30.7 Å². The number of nitrogens with zero attached hydrogens (tertiary/aromatic N) is 2. The lowest BCUT2D eigenvalue weighted by Gasteiger charge is -2.44. The zero-order chi connectivity index (χ0) is 29.9. The Morgan fingerprint density at radius 1 is 1.05 bits per heavy atom. The van der Waals surface area contributed by atoms with Gasteiger partial charge in [-0.05, 0) is 103 Å². The topological polar surface area (TPSA) is 128 Å². The number of hydrogen-bond donors (Lipinski definition) is 5. The van der Waals surface area contributed by atoms with Gasteiger partial charge in [0.1, 0.15) is 23.5 Å². The quantitative estimate of drug-likeness (QED) is 0.293. The molecular formula is C31H43FN6O4. The minimum atomic E-state index is -1.17. The summed E-state index contributed by atoms with van der Waals surface area (Å²) in [5.41, 5.74) is 0.845. The molecule has 228 valence electrons. The molecule has 42 heavy (non-hydrogen) atoms. The Balaban J connectivity index is 1.18. The molecule has 4 heterocycles. The van der Waals surface area contributed by atoms with Crippen LogP contribution in [0.3, 0.4) is 0 Å². The lowest BCUT2D eigenvalue weighted by atomic mass is 9.84. The molecule has 2 bridgehead atoms. The van der Waals surface area contributed by atoms with E-state index in [0.717, 1.165) is 64.4 Å². The molecule has 2 atom stereocenters. The zero-order valence-electron chi connectivity index (χ0n) is 24.7. The number of carbonyl (C=O) groups is 2. The third kappa shape index (κ3) is 7.96. The maximum absolute atomic E-state index is 14.2. The van der Waals surface area contributed by atoms with Crippen LogP contribution in [-0.4, -0.2) is 70.4 Å². The molecule has 4 fully saturated rings. The maximum atomic E-state index is 14.2. The van der Waals surface area contributed by atoms with Crippen molar-refractivity contribution in [3.05, 3.63) is 53.5 Å². The number of aliphatic hydroxyl groups is 1. The van der Waals surface area contributed by atoms with E-state index in [2.05, 4.69) is 31.2 Å². The number of aromatic nitrogens is 1. The highest BCUT2D eigenvalue weighted by Gasteiger charge is 2.35. The summed E-state index contributed by atoms with van der Waals surface area (Å²) in [6, 6.07) is 8.49. The molecule has 1 aromatic heterocycles. The number of alkyl carbamates (subject to hydrolysis) is 1. The van der Waals surface area contributed by atoms with Crippen LogP contribution in [0.15, 0.2) is 36.5 Å². The summed E-state index contributed by atoms with van der Waals surface area (Å²) in [5.74, 6) is 0.138. The summed E-state index contributed by atoms with van der Waals surface area (Å²) in [4.78, 5) is 31.8. The summed E-state index contributed by atoms with van der Waals surface area (Å²) in [6.45, 7) is 8.59. The van der Waals surface area contributed by atoms with Crippen LogP contribution in [0.1, 0.15) is 81.4 Å². The monoisotopic (exact) mass is 582 g/mol. The summed E-state index contributed by atoms with van der Waals surface area (Å²) >= 11 is 0. The molecular weight excluding hydrogens is 539 g/mol. The van der Waals surface area contributed by atoms with E-state index in [0.29, 0.717) is 23.0 Å². The second kappa shape index (κ2) is 12.9. The molecule has 0 spiro atoms. The molecule has 4 aliphatic rings. The molecule has 3 aliphatic heterocycles. The minimum absolute atomic E-state index is 0.00152. The Morgan fingerprint density at radius 3 is 2.43 bits per heavy atom. The average Bonchev–Trinajstić information content (AvgIpc) is 2.95. The van der Waals surface area contributed by atoms with E-state index in [4.69, 9.17) is 4.74 Å². The van der Waals surface area contributed by atoms with Crippen LogP contribution in [0.4, 0.5) is 20.7 Å². The SMILES string of the molecule is CC(C)(C)OC(=O)NC1CCC(NC(O)c2cc(F)cnc2Nc2cccc(C(=O)NC3CN4CCC3CC4)c2)CC1. The van der Waals surface area contributed by atoms with Gasteiger partial charge in [0.2, 0.25) is 0 Å². The van der Waals surface area contributed by atoms with Crippen LogP contribution in [0.2, 0.25) is 0 Å². The van der Waals surface area contributed by atoms with Crippen LogP contribution >= 0.6 is 0 Å². The summed E-state index contributed by atoms with van der Waals surface area (Å²) in [6.07, 6.45) is 4.63. The summed E-state index contributed by atoms with van der Waals surface area (Å²) < 4.78 is 19.6. The van der Waals surface area contributed by atoms with E-state index < -0.39 is 23.7 Å². The van der Waals surface area contributed by atoms with Gasteiger partial charge in [0.05, 0.1) is 6.20 Å². The predicted octanol–water partition coefficient (Wildman–Crippen LogP) is 4.20. The largest absolute Gasteiger partial charge is 0.444 e. The molecule has 1 saturated carbocycles. The van der Waals surface area contributed by atoms with Crippen molar-refractivity contribution in [2.45, 2.75) is 89.3 Å². The number of carbonyl (C=O) groups excluding carboxylic acids is 2. The van der Waals surface area contributed by atoms with Crippen LogP contribution in [0.25, 0.3) is 0 Å². The highest BCUT2D eigenvalue weighted by molar-refractivity contribution is 5.95. The fraction of sp³-hybridized carbons (Fsp3) is 0.581. The van der Waals surface area contributed by atoms with Crippen LogP contribution in [-0.2, 0) is 4.74 Å². The van der Waals surface area contributed by atoms with Gasteiger partial charge in [0.25, 0.3) is 5.91 Å². The van der Waals surface area contributed by atoms with Gasteiger partial charge in [0.15, 0.2) is 0 Å². The number of pyridine rings is 1. The molecule has 5 N–H and O–H groups in total.